The first-order chi connectivity index (χ1) is 11.5. The van der Waals surface area contributed by atoms with Crippen molar-refractivity contribution in [3.8, 4) is 5.75 Å². The van der Waals surface area contributed by atoms with Crippen LogP contribution in [0.5, 0.6) is 5.75 Å². The van der Waals surface area contributed by atoms with Crippen LogP contribution < -0.4 is 4.65 Å². The SMILES string of the molecule is O=C(Cc1cccs1)C[C@H]1Cc2ccc(F)c(C(=O)O)c2OB1O. The molecule has 0 aliphatic carbocycles. The second kappa shape index (κ2) is 6.74. The molecule has 8 heteroatoms. The number of hydrogen-bond acceptors (Lipinski definition) is 5. The molecule has 24 heavy (non-hydrogen) atoms. The van der Waals surface area contributed by atoms with Crippen LogP contribution in [0.1, 0.15) is 27.2 Å². The number of thiophene rings is 1. The van der Waals surface area contributed by atoms with Crippen molar-refractivity contribution >= 4 is 30.2 Å². The van der Waals surface area contributed by atoms with Crippen molar-refractivity contribution in [3.05, 3.63) is 51.5 Å². The zero-order valence-electron chi connectivity index (χ0n) is 12.6. The number of carbonyl (C=O) groups is 2. The molecule has 124 valence electrons. The highest BCUT2D eigenvalue weighted by Crippen LogP contribution is 2.37. The van der Waals surface area contributed by atoms with Crippen LogP contribution in [0.4, 0.5) is 4.39 Å². The molecule has 1 aromatic carbocycles. The summed E-state index contributed by atoms with van der Waals surface area (Å²) in [5.74, 6) is -3.05. The van der Waals surface area contributed by atoms with E-state index in [0.29, 0.717) is 5.56 Å². The van der Waals surface area contributed by atoms with Crippen molar-refractivity contribution in [2.24, 2.45) is 0 Å². The maximum absolute atomic E-state index is 13.7. The van der Waals surface area contributed by atoms with Gasteiger partial charge in [0.2, 0.25) is 0 Å². The molecule has 3 rings (SSSR count). The van der Waals surface area contributed by atoms with Gasteiger partial charge in [-0.15, -0.1) is 11.3 Å². The summed E-state index contributed by atoms with van der Waals surface area (Å²) in [7, 11) is -1.34. The Morgan fingerprint density at radius 1 is 1.38 bits per heavy atom. The van der Waals surface area contributed by atoms with Gasteiger partial charge in [-0.2, -0.15) is 0 Å². The number of benzene rings is 1. The number of carbonyl (C=O) groups excluding carboxylic acids is 1. The van der Waals surface area contributed by atoms with Crippen molar-refractivity contribution < 1.29 is 28.8 Å². The molecule has 0 saturated heterocycles. The topological polar surface area (TPSA) is 83.8 Å². The van der Waals surface area contributed by atoms with Gasteiger partial charge in [0.05, 0.1) is 0 Å². The van der Waals surface area contributed by atoms with Crippen molar-refractivity contribution in [1.29, 1.82) is 0 Å². The highest BCUT2D eigenvalue weighted by Gasteiger charge is 2.38. The van der Waals surface area contributed by atoms with Crippen LogP contribution in [-0.4, -0.2) is 29.0 Å². The fourth-order valence-electron chi connectivity index (χ4n) is 2.84. The number of aromatic carboxylic acids is 1. The quantitative estimate of drug-likeness (QED) is 0.812. The number of halogens is 1. The number of fused-ring (bicyclic) bond motifs is 1. The van der Waals surface area contributed by atoms with Gasteiger partial charge in [-0.25, -0.2) is 9.18 Å². The standard InChI is InChI=1S/C16H14BFO5S/c18-13-4-3-9-6-10(7-11(19)8-12-2-1-5-24-12)17(22)23-15(9)14(13)16(20)21/h1-5,10,22H,6-8H2,(H,20,21)/t10-/m1/s1. The second-order valence-corrected chi connectivity index (χ2v) is 6.72. The normalized spacial score (nSPS) is 16.4. The van der Waals surface area contributed by atoms with E-state index >= 15 is 0 Å². The van der Waals surface area contributed by atoms with E-state index in [-0.39, 0.29) is 30.8 Å². The molecule has 1 aromatic heterocycles. The third-order valence-corrected chi connectivity index (χ3v) is 4.84. The molecule has 0 saturated carbocycles. The van der Waals surface area contributed by atoms with E-state index in [1.807, 2.05) is 17.5 Å². The lowest BCUT2D eigenvalue weighted by Gasteiger charge is -2.28. The summed E-state index contributed by atoms with van der Waals surface area (Å²) in [6.07, 6.45) is 0.656. The lowest BCUT2D eigenvalue weighted by molar-refractivity contribution is -0.118. The van der Waals surface area contributed by atoms with Gasteiger partial charge in [0.1, 0.15) is 22.9 Å². The number of hydrogen-bond donors (Lipinski definition) is 2. The Labute approximate surface area is 141 Å². The predicted molar refractivity (Wildman–Crippen MR) is 87.1 cm³/mol. The molecule has 5 nitrogen and oxygen atoms in total. The summed E-state index contributed by atoms with van der Waals surface area (Å²) >= 11 is 1.49. The van der Waals surface area contributed by atoms with Crippen LogP contribution in [0.25, 0.3) is 0 Å². The number of carboxylic acids is 1. The number of rotatable bonds is 5. The Kier molecular flexibility index (Phi) is 4.68. The Hall–Kier alpha value is -2.19. The van der Waals surface area contributed by atoms with Crippen LogP contribution in [0.2, 0.25) is 5.82 Å². The Bertz CT molecular complexity index is 777. The molecule has 1 atom stereocenters. The van der Waals surface area contributed by atoms with Crippen LogP contribution in [0, 0.1) is 5.82 Å². The highest BCUT2D eigenvalue weighted by molar-refractivity contribution is 7.10. The van der Waals surface area contributed by atoms with Gasteiger partial charge in [-0.05, 0) is 29.5 Å². The molecule has 2 aromatic rings. The average Bonchev–Trinajstić information content (AvgIpc) is 3.00. The Morgan fingerprint density at radius 3 is 2.83 bits per heavy atom. The molecule has 1 aliphatic rings. The fourth-order valence-corrected chi connectivity index (χ4v) is 3.58. The first-order valence-electron chi connectivity index (χ1n) is 7.39. The van der Waals surface area contributed by atoms with Crippen molar-refractivity contribution in [2.45, 2.75) is 25.1 Å². The van der Waals surface area contributed by atoms with E-state index < -0.39 is 30.3 Å². The minimum atomic E-state index is -1.45. The highest BCUT2D eigenvalue weighted by atomic mass is 32.1. The average molecular weight is 348 g/mol. The molecular weight excluding hydrogens is 334 g/mol. The van der Waals surface area contributed by atoms with E-state index in [1.54, 1.807) is 0 Å². The van der Waals surface area contributed by atoms with Crippen molar-refractivity contribution in [1.82, 2.24) is 0 Å². The summed E-state index contributed by atoms with van der Waals surface area (Å²) in [5, 5.41) is 21.1. The monoisotopic (exact) mass is 348 g/mol. The minimum Gasteiger partial charge on any atom is -0.535 e. The van der Waals surface area contributed by atoms with Gasteiger partial charge < -0.3 is 14.8 Å². The first kappa shape index (κ1) is 16.7. The number of ketones is 1. The van der Waals surface area contributed by atoms with Gasteiger partial charge in [-0.3, -0.25) is 4.79 Å². The van der Waals surface area contributed by atoms with Gasteiger partial charge in [-0.1, -0.05) is 12.1 Å². The smallest absolute Gasteiger partial charge is 0.526 e. The van der Waals surface area contributed by atoms with Crippen LogP contribution in [0.15, 0.2) is 29.6 Å². The molecule has 2 N–H and O–H groups in total. The van der Waals surface area contributed by atoms with E-state index in [1.165, 1.54) is 17.4 Å². The summed E-state index contributed by atoms with van der Waals surface area (Å²) in [4.78, 5) is 24.3. The molecule has 2 heterocycles. The summed E-state index contributed by atoms with van der Waals surface area (Å²) in [6, 6.07) is 6.23. The zero-order valence-corrected chi connectivity index (χ0v) is 13.4. The maximum Gasteiger partial charge on any atom is 0.526 e. The first-order valence-corrected chi connectivity index (χ1v) is 8.27. The summed E-state index contributed by atoms with van der Waals surface area (Å²) in [6.45, 7) is 0. The second-order valence-electron chi connectivity index (χ2n) is 5.69. The van der Waals surface area contributed by atoms with Gasteiger partial charge in [0.25, 0.3) is 0 Å². The lowest BCUT2D eigenvalue weighted by atomic mass is 9.64. The largest absolute Gasteiger partial charge is 0.535 e. The number of carboxylic acid groups (broad SMARTS) is 1. The van der Waals surface area contributed by atoms with Crippen molar-refractivity contribution in [3.63, 3.8) is 0 Å². The predicted octanol–water partition coefficient (Wildman–Crippen LogP) is 2.57. The molecule has 0 radical (unpaired) electrons. The van der Waals surface area contributed by atoms with E-state index in [0.717, 1.165) is 10.9 Å². The molecule has 0 amide bonds. The molecular formula is C16H14BFO5S. The van der Waals surface area contributed by atoms with Crippen LogP contribution in [0.3, 0.4) is 0 Å². The van der Waals surface area contributed by atoms with Crippen LogP contribution in [-0.2, 0) is 17.6 Å². The van der Waals surface area contributed by atoms with E-state index in [2.05, 4.69) is 0 Å². The Balaban J connectivity index is 1.76. The number of Topliss-reactive ketones (excluding diaryl/α,β-unsaturated/α-hetero) is 1. The van der Waals surface area contributed by atoms with E-state index in [9.17, 15) is 19.0 Å². The van der Waals surface area contributed by atoms with Gasteiger partial charge in [0.15, 0.2) is 0 Å². The molecule has 1 aliphatic heterocycles. The summed E-state index contributed by atoms with van der Waals surface area (Å²) in [5.41, 5.74) is -0.108. The molecule has 0 bridgehead atoms. The molecule has 0 spiro atoms. The zero-order chi connectivity index (χ0) is 17.3. The van der Waals surface area contributed by atoms with Gasteiger partial charge >= 0.3 is 13.1 Å². The lowest BCUT2D eigenvalue weighted by Crippen LogP contribution is -2.36. The maximum atomic E-state index is 13.7. The molecule has 0 fully saturated rings. The Morgan fingerprint density at radius 2 is 2.17 bits per heavy atom. The minimum absolute atomic E-state index is 0.0332. The summed E-state index contributed by atoms with van der Waals surface area (Å²) < 4.78 is 18.9. The fraction of sp³-hybridized carbons (Fsp3) is 0.250. The van der Waals surface area contributed by atoms with Crippen LogP contribution >= 0.6 is 11.3 Å². The van der Waals surface area contributed by atoms with Gasteiger partial charge in [0, 0.05) is 23.5 Å². The third-order valence-electron chi connectivity index (χ3n) is 3.97. The van der Waals surface area contributed by atoms with Crippen molar-refractivity contribution in [2.75, 3.05) is 0 Å². The molecule has 0 unspecified atom stereocenters. The third kappa shape index (κ3) is 3.34. The van der Waals surface area contributed by atoms with E-state index in [4.69, 9.17) is 9.76 Å².